The fraction of sp³-hybridized carbons (Fsp3) is 0.300. The van der Waals surface area contributed by atoms with Gasteiger partial charge < -0.3 is 15.5 Å². The van der Waals surface area contributed by atoms with E-state index in [4.69, 9.17) is 27.1 Å². The second-order valence-corrected chi connectivity index (χ2v) is 3.46. The molecule has 0 spiro atoms. The summed E-state index contributed by atoms with van der Waals surface area (Å²) in [5.41, 5.74) is 1.00. The molecular weight excluding hydrogens is 216 g/mol. The number of rotatable bonds is 4. The lowest BCUT2D eigenvalue weighted by atomic mass is 10.2. The summed E-state index contributed by atoms with van der Waals surface area (Å²) in [5, 5.41) is 29.9. The zero-order valence-corrected chi connectivity index (χ0v) is 8.70. The largest absolute Gasteiger partial charge is 0.394 e. The van der Waals surface area contributed by atoms with E-state index in [1.807, 2.05) is 6.07 Å². The maximum absolute atomic E-state index is 9.12. The Kier molecular flexibility index (Phi) is 4.37. The van der Waals surface area contributed by atoms with E-state index >= 15 is 0 Å². The van der Waals surface area contributed by atoms with Gasteiger partial charge in [-0.3, -0.25) is 0 Å². The number of aliphatic hydroxyl groups excluding tert-OH is 2. The van der Waals surface area contributed by atoms with E-state index in [1.165, 1.54) is 0 Å². The number of anilines is 1. The van der Waals surface area contributed by atoms with Crippen molar-refractivity contribution in [3.63, 3.8) is 0 Å². The standard InChI is InChI=1S/C10H11ClN2O2/c11-8-2-1-7(4-12)10(3-8)13-5-9(15)6-14/h1-3,9,13-15H,5-6H2/t9-/m0/s1. The number of hydrogen-bond acceptors (Lipinski definition) is 4. The van der Waals surface area contributed by atoms with Gasteiger partial charge in [0.1, 0.15) is 6.07 Å². The summed E-state index contributed by atoms with van der Waals surface area (Å²) >= 11 is 5.76. The molecule has 1 aromatic rings. The Balaban J connectivity index is 2.75. The third kappa shape index (κ3) is 3.40. The summed E-state index contributed by atoms with van der Waals surface area (Å²) in [6.07, 6.45) is -0.851. The fourth-order valence-electron chi connectivity index (χ4n) is 1.05. The Morgan fingerprint density at radius 2 is 2.27 bits per heavy atom. The second-order valence-electron chi connectivity index (χ2n) is 3.02. The third-order valence-electron chi connectivity index (χ3n) is 1.84. The lowest BCUT2D eigenvalue weighted by Crippen LogP contribution is -2.23. The SMILES string of the molecule is N#Cc1ccc(Cl)cc1NC[C@H](O)CO. The van der Waals surface area contributed by atoms with Crippen LogP contribution in [0.25, 0.3) is 0 Å². The van der Waals surface area contributed by atoms with Crippen LogP contribution in [0.5, 0.6) is 0 Å². The van der Waals surface area contributed by atoms with Crippen molar-refractivity contribution < 1.29 is 10.2 Å². The van der Waals surface area contributed by atoms with Gasteiger partial charge in [0.25, 0.3) is 0 Å². The molecule has 1 aromatic carbocycles. The highest BCUT2D eigenvalue weighted by Gasteiger charge is 2.05. The average Bonchev–Trinajstić information content (AvgIpc) is 2.26. The molecule has 0 bridgehead atoms. The summed E-state index contributed by atoms with van der Waals surface area (Å²) in [6, 6.07) is 6.81. The first-order valence-corrected chi connectivity index (χ1v) is 4.77. The maximum atomic E-state index is 9.12. The molecule has 4 nitrogen and oxygen atoms in total. The highest BCUT2D eigenvalue weighted by molar-refractivity contribution is 6.30. The molecule has 0 unspecified atom stereocenters. The van der Waals surface area contributed by atoms with E-state index in [0.717, 1.165) is 0 Å². The van der Waals surface area contributed by atoms with Crippen LogP contribution in [0, 0.1) is 11.3 Å². The van der Waals surface area contributed by atoms with Gasteiger partial charge in [-0.05, 0) is 18.2 Å². The van der Waals surface area contributed by atoms with Crippen molar-refractivity contribution >= 4 is 17.3 Å². The van der Waals surface area contributed by atoms with Gasteiger partial charge in [-0.1, -0.05) is 11.6 Å². The van der Waals surface area contributed by atoms with Crippen LogP contribution in [0.1, 0.15) is 5.56 Å². The van der Waals surface area contributed by atoms with Gasteiger partial charge in [0.15, 0.2) is 0 Å². The predicted octanol–water partition coefficient (Wildman–Crippen LogP) is 0.977. The van der Waals surface area contributed by atoms with Crippen molar-refractivity contribution in [2.75, 3.05) is 18.5 Å². The van der Waals surface area contributed by atoms with Gasteiger partial charge >= 0.3 is 0 Å². The molecule has 0 fully saturated rings. The lowest BCUT2D eigenvalue weighted by Gasteiger charge is -2.11. The van der Waals surface area contributed by atoms with Gasteiger partial charge in [-0.25, -0.2) is 0 Å². The number of hydrogen-bond donors (Lipinski definition) is 3. The summed E-state index contributed by atoms with van der Waals surface area (Å²) in [6.45, 7) is -0.152. The van der Waals surface area contributed by atoms with Crippen molar-refractivity contribution in [3.8, 4) is 6.07 Å². The van der Waals surface area contributed by atoms with Crippen molar-refractivity contribution in [2.45, 2.75) is 6.10 Å². The summed E-state index contributed by atoms with van der Waals surface area (Å²) in [7, 11) is 0. The van der Waals surface area contributed by atoms with Gasteiger partial charge in [0.05, 0.1) is 24.0 Å². The highest BCUT2D eigenvalue weighted by Crippen LogP contribution is 2.20. The molecule has 0 heterocycles. The minimum Gasteiger partial charge on any atom is -0.394 e. The number of halogens is 1. The Hall–Kier alpha value is -1.28. The molecule has 1 rings (SSSR count). The van der Waals surface area contributed by atoms with Crippen LogP contribution < -0.4 is 5.32 Å². The molecule has 15 heavy (non-hydrogen) atoms. The minimum atomic E-state index is -0.851. The number of benzene rings is 1. The predicted molar refractivity (Wildman–Crippen MR) is 57.7 cm³/mol. The van der Waals surface area contributed by atoms with E-state index < -0.39 is 6.10 Å². The lowest BCUT2D eigenvalue weighted by molar-refractivity contribution is 0.105. The molecule has 5 heteroatoms. The summed E-state index contributed by atoms with van der Waals surface area (Å²) in [5.74, 6) is 0. The van der Waals surface area contributed by atoms with Crippen LogP contribution >= 0.6 is 11.6 Å². The fourth-order valence-corrected chi connectivity index (χ4v) is 1.22. The van der Waals surface area contributed by atoms with Crippen LogP contribution in [0.3, 0.4) is 0 Å². The van der Waals surface area contributed by atoms with Crippen LogP contribution in [0.15, 0.2) is 18.2 Å². The molecule has 80 valence electrons. The maximum Gasteiger partial charge on any atom is 0.101 e. The first-order valence-electron chi connectivity index (χ1n) is 4.40. The van der Waals surface area contributed by atoms with Crippen LogP contribution in [0.2, 0.25) is 5.02 Å². The molecule has 0 saturated carbocycles. The number of nitriles is 1. The smallest absolute Gasteiger partial charge is 0.101 e. The van der Waals surface area contributed by atoms with E-state index in [-0.39, 0.29) is 13.2 Å². The van der Waals surface area contributed by atoms with Crippen LogP contribution in [-0.4, -0.2) is 29.5 Å². The highest BCUT2D eigenvalue weighted by atomic mass is 35.5. The third-order valence-corrected chi connectivity index (χ3v) is 2.08. The molecule has 0 aliphatic rings. The Bertz CT molecular complexity index is 376. The normalized spacial score (nSPS) is 11.9. The first kappa shape index (κ1) is 11.8. The van der Waals surface area contributed by atoms with E-state index in [2.05, 4.69) is 5.32 Å². The molecule has 0 aromatic heterocycles. The molecular formula is C10H11ClN2O2. The summed E-state index contributed by atoms with van der Waals surface area (Å²) in [4.78, 5) is 0. The quantitative estimate of drug-likeness (QED) is 0.715. The molecule has 1 atom stereocenters. The first-order chi connectivity index (χ1) is 7.17. The van der Waals surface area contributed by atoms with Gasteiger partial charge in [-0.15, -0.1) is 0 Å². The van der Waals surface area contributed by atoms with Crippen molar-refractivity contribution in [1.29, 1.82) is 5.26 Å². The van der Waals surface area contributed by atoms with Gasteiger partial charge in [-0.2, -0.15) is 5.26 Å². The zero-order chi connectivity index (χ0) is 11.3. The monoisotopic (exact) mass is 226 g/mol. The number of aliphatic hydroxyl groups is 2. The van der Waals surface area contributed by atoms with E-state index in [9.17, 15) is 0 Å². The molecule has 0 aliphatic heterocycles. The number of nitrogens with one attached hydrogen (secondary N) is 1. The van der Waals surface area contributed by atoms with Crippen LogP contribution in [-0.2, 0) is 0 Å². The Morgan fingerprint density at radius 3 is 2.87 bits per heavy atom. The topological polar surface area (TPSA) is 76.3 Å². The van der Waals surface area contributed by atoms with Gasteiger partial charge in [0.2, 0.25) is 0 Å². The van der Waals surface area contributed by atoms with Crippen molar-refractivity contribution in [2.24, 2.45) is 0 Å². The second kappa shape index (κ2) is 5.56. The molecule has 0 amide bonds. The van der Waals surface area contributed by atoms with E-state index in [1.54, 1.807) is 18.2 Å². The van der Waals surface area contributed by atoms with E-state index in [0.29, 0.717) is 16.3 Å². The van der Waals surface area contributed by atoms with Crippen molar-refractivity contribution in [1.82, 2.24) is 0 Å². The number of nitrogens with zero attached hydrogens (tertiary/aromatic N) is 1. The summed E-state index contributed by atoms with van der Waals surface area (Å²) < 4.78 is 0. The Morgan fingerprint density at radius 1 is 1.53 bits per heavy atom. The van der Waals surface area contributed by atoms with Crippen LogP contribution in [0.4, 0.5) is 5.69 Å². The van der Waals surface area contributed by atoms with Crippen molar-refractivity contribution in [3.05, 3.63) is 28.8 Å². The molecule has 0 saturated heterocycles. The average molecular weight is 227 g/mol. The van der Waals surface area contributed by atoms with Gasteiger partial charge in [0, 0.05) is 11.6 Å². The molecule has 0 radical (unpaired) electrons. The minimum absolute atomic E-state index is 0.172. The molecule has 3 N–H and O–H groups in total. The zero-order valence-electron chi connectivity index (χ0n) is 7.94. The Labute approximate surface area is 92.7 Å². The molecule has 0 aliphatic carbocycles.